The van der Waals surface area contributed by atoms with Crippen molar-refractivity contribution in [1.29, 1.82) is 0 Å². The highest BCUT2D eigenvalue weighted by molar-refractivity contribution is 6.34. The molecule has 21 heavy (non-hydrogen) atoms. The minimum atomic E-state index is -0.409. The highest BCUT2D eigenvalue weighted by Crippen LogP contribution is 2.23. The summed E-state index contributed by atoms with van der Waals surface area (Å²) < 4.78 is 1.31. The Morgan fingerprint density at radius 3 is 2.43 bits per heavy atom. The molecule has 5 nitrogen and oxygen atoms in total. The predicted molar refractivity (Wildman–Crippen MR) is 81.1 cm³/mol. The number of rotatable bonds is 3. The molecule has 1 N–H and O–H groups in total. The second-order valence-corrected chi connectivity index (χ2v) is 4.98. The first kappa shape index (κ1) is 15.0. The number of hydrogen-bond acceptors (Lipinski definition) is 3. The first-order chi connectivity index (χ1) is 9.88. The molecule has 1 aromatic heterocycles. The standard InChI is InChI=1S/C15H13ClN2O3/c1-9(19)10-3-5-12(16)13(7-10)17-15(21)11-4-6-14(20)18(2)8-11/h3-8H,1-2H3,(H,17,21). The van der Waals surface area contributed by atoms with Gasteiger partial charge in [-0.3, -0.25) is 14.4 Å². The van der Waals surface area contributed by atoms with Crippen molar-refractivity contribution in [3.05, 3.63) is 63.0 Å². The number of carbonyl (C=O) groups is 2. The van der Waals surface area contributed by atoms with Crippen LogP contribution in [0.3, 0.4) is 0 Å². The van der Waals surface area contributed by atoms with Crippen LogP contribution in [-0.4, -0.2) is 16.3 Å². The van der Waals surface area contributed by atoms with Gasteiger partial charge in [0.2, 0.25) is 5.56 Å². The highest BCUT2D eigenvalue weighted by atomic mass is 35.5. The van der Waals surface area contributed by atoms with Crippen LogP contribution in [0.15, 0.2) is 41.3 Å². The van der Waals surface area contributed by atoms with Crippen molar-refractivity contribution in [2.45, 2.75) is 6.92 Å². The van der Waals surface area contributed by atoms with E-state index in [1.807, 2.05) is 0 Å². The number of aromatic nitrogens is 1. The first-order valence-corrected chi connectivity index (χ1v) is 6.55. The molecule has 0 aliphatic rings. The maximum Gasteiger partial charge on any atom is 0.257 e. The quantitative estimate of drug-likeness (QED) is 0.886. The maximum atomic E-state index is 12.1. The van der Waals surface area contributed by atoms with Gasteiger partial charge in [0, 0.05) is 24.9 Å². The molecule has 108 valence electrons. The van der Waals surface area contributed by atoms with Crippen molar-refractivity contribution < 1.29 is 9.59 Å². The maximum absolute atomic E-state index is 12.1. The molecule has 0 unspecified atom stereocenters. The van der Waals surface area contributed by atoms with E-state index in [-0.39, 0.29) is 11.3 Å². The Labute approximate surface area is 126 Å². The second kappa shape index (κ2) is 5.93. The minimum Gasteiger partial charge on any atom is -0.321 e. The Morgan fingerprint density at radius 2 is 1.81 bits per heavy atom. The van der Waals surface area contributed by atoms with Crippen molar-refractivity contribution in [3.8, 4) is 0 Å². The molecule has 0 radical (unpaired) electrons. The fraction of sp³-hybridized carbons (Fsp3) is 0.133. The summed E-state index contributed by atoms with van der Waals surface area (Å²) in [6, 6.07) is 7.40. The van der Waals surface area contributed by atoms with Gasteiger partial charge in [-0.25, -0.2) is 0 Å². The van der Waals surface area contributed by atoms with Gasteiger partial charge in [-0.05, 0) is 31.2 Å². The molecule has 0 atom stereocenters. The SMILES string of the molecule is CC(=O)c1ccc(Cl)c(NC(=O)c2ccc(=O)n(C)c2)c1. The number of Topliss-reactive ketones (excluding diaryl/α,β-unsaturated/α-hetero) is 1. The summed E-state index contributed by atoms with van der Waals surface area (Å²) in [4.78, 5) is 34.8. The van der Waals surface area contributed by atoms with Crippen molar-refractivity contribution >= 4 is 29.0 Å². The largest absolute Gasteiger partial charge is 0.321 e. The number of ketones is 1. The topological polar surface area (TPSA) is 68.2 Å². The zero-order valence-corrected chi connectivity index (χ0v) is 12.3. The second-order valence-electron chi connectivity index (χ2n) is 4.57. The summed E-state index contributed by atoms with van der Waals surface area (Å²) in [5, 5.41) is 2.96. The number of aryl methyl sites for hydroxylation is 1. The number of halogens is 1. The van der Waals surface area contributed by atoms with Crippen molar-refractivity contribution in [2.24, 2.45) is 7.05 Å². The summed E-state index contributed by atoms with van der Waals surface area (Å²) in [5.41, 5.74) is 0.919. The fourth-order valence-corrected chi connectivity index (χ4v) is 1.93. The van der Waals surface area contributed by atoms with Crippen LogP contribution in [0.4, 0.5) is 5.69 Å². The van der Waals surface area contributed by atoms with Crippen molar-refractivity contribution in [2.75, 3.05) is 5.32 Å². The zero-order valence-electron chi connectivity index (χ0n) is 11.5. The summed E-state index contributed by atoms with van der Waals surface area (Å²) in [6.45, 7) is 1.43. The molecule has 1 heterocycles. The molecule has 2 aromatic rings. The lowest BCUT2D eigenvalue weighted by atomic mass is 10.1. The minimum absolute atomic E-state index is 0.121. The highest BCUT2D eigenvalue weighted by Gasteiger charge is 2.11. The number of anilines is 1. The molecule has 0 bridgehead atoms. The van der Waals surface area contributed by atoms with Crippen LogP contribution in [0.25, 0.3) is 0 Å². The van der Waals surface area contributed by atoms with E-state index in [1.165, 1.54) is 35.9 Å². The Balaban J connectivity index is 2.30. The van der Waals surface area contributed by atoms with E-state index in [2.05, 4.69) is 5.32 Å². The van der Waals surface area contributed by atoms with Gasteiger partial charge in [0.15, 0.2) is 5.78 Å². The van der Waals surface area contributed by atoms with Crippen LogP contribution in [0.2, 0.25) is 5.02 Å². The van der Waals surface area contributed by atoms with Crippen LogP contribution >= 0.6 is 11.6 Å². The Kier molecular flexibility index (Phi) is 4.23. The van der Waals surface area contributed by atoms with Gasteiger partial charge < -0.3 is 9.88 Å². The Morgan fingerprint density at radius 1 is 1.14 bits per heavy atom. The van der Waals surface area contributed by atoms with Crippen LogP contribution < -0.4 is 10.9 Å². The summed E-state index contributed by atoms with van der Waals surface area (Å²) in [5.74, 6) is -0.530. The number of pyridine rings is 1. The lowest BCUT2D eigenvalue weighted by Gasteiger charge is -2.09. The monoisotopic (exact) mass is 304 g/mol. The van der Waals surface area contributed by atoms with Crippen LogP contribution in [0.5, 0.6) is 0 Å². The van der Waals surface area contributed by atoms with E-state index >= 15 is 0 Å². The smallest absolute Gasteiger partial charge is 0.257 e. The molecule has 0 aliphatic carbocycles. The van der Waals surface area contributed by atoms with Crippen molar-refractivity contribution in [3.63, 3.8) is 0 Å². The average Bonchev–Trinajstić information content (AvgIpc) is 2.43. The zero-order chi connectivity index (χ0) is 15.6. The number of amides is 1. The van der Waals surface area contributed by atoms with Gasteiger partial charge >= 0.3 is 0 Å². The molecule has 0 saturated heterocycles. The number of nitrogens with zero attached hydrogens (tertiary/aromatic N) is 1. The van der Waals surface area contributed by atoms with E-state index in [1.54, 1.807) is 19.2 Å². The molecule has 0 aliphatic heterocycles. The lowest BCUT2D eigenvalue weighted by molar-refractivity contribution is 0.101. The molecule has 6 heteroatoms. The molecule has 0 spiro atoms. The Hall–Kier alpha value is -2.40. The van der Waals surface area contributed by atoms with E-state index in [4.69, 9.17) is 11.6 Å². The molecule has 0 fully saturated rings. The molecule has 0 saturated carbocycles. The Bertz CT molecular complexity index is 781. The van der Waals surface area contributed by atoms with Gasteiger partial charge in [-0.2, -0.15) is 0 Å². The molecule has 2 rings (SSSR count). The number of hydrogen-bond donors (Lipinski definition) is 1. The number of benzene rings is 1. The first-order valence-electron chi connectivity index (χ1n) is 6.17. The molecular weight excluding hydrogens is 292 g/mol. The fourth-order valence-electron chi connectivity index (χ4n) is 1.76. The van der Waals surface area contributed by atoms with Crippen LogP contribution in [0.1, 0.15) is 27.6 Å². The third kappa shape index (κ3) is 3.38. The van der Waals surface area contributed by atoms with Gasteiger partial charge in [-0.1, -0.05) is 11.6 Å². The van der Waals surface area contributed by atoms with Crippen LogP contribution in [0, 0.1) is 0 Å². The van der Waals surface area contributed by atoms with Gasteiger partial charge in [0.05, 0.1) is 16.3 Å². The third-order valence-corrected chi connectivity index (χ3v) is 3.30. The normalized spacial score (nSPS) is 10.2. The molecule has 1 amide bonds. The number of carbonyl (C=O) groups excluding carboxylic acids is 2. The van der Waals surface area contributed by atoms with Gasteiger partial charge in [-0.15, -0.1) is 0 Å². The summed E-state index contributed by atoms with van der Waals surface area (Å²) in [6.07, 6.45) is 1.43. The molecular formula is C15H13ClN2O3. The lowest BCUT2D eigenvalue weighted by Crippen LogP contribution is -2.19. The number of nitrogens with one attached hydrogen (secondary N) is 1. The van der Waals surface area contributed by atoms with Gasteiger partial charge in [0.25, 0.3) is 5.91 Å². The summed E-state index contributed by atoms with van der Waals surface area (Å²) >= 11 is 6.01. The van der Waals surface area contributed by atoms with E-state index in [0.717, 1.165) is 0 Å². The van der Waals surface area contributed by atoms with Gasteiger partial charge in [0.1, 0.15) is 0 Å². The van der Waals surface area contributed by atoms with E-state index < -0.39 is 5.91 Å². The van der Waals surface area contributed by atoms with Crippen molar-refractivity contribution in [1.82, 2.24) is 4.57 Å². The average molecular weight is 305 g/mol. The van der Waals surface area contributed by atoms with Crippen LogP contribution in [-0.2, 0) is 7.05 Å². The predicted octanol–water partition coefficient (Wildman–Crippen LogP) is 2.49. The molecule has 1 aromatic carbocycles. The summed E-state index contributed by atoms with van der Waals surface area (Å²) in [7, 11) is 1.56. The van der Waals surface area contributed by atoms with E-state index in [9.17, 15) is 14.4 Å². The van der Waals surface area contributed by atoms with E-state index in [0.29, 0.717) is 21.8 Å². The third-order valence-electron chi connectivity index (χ3n) is 2.97.